The van der Waals surface area contributed by atoms with Crippen LogP contribution in [-0.4, -0.2) is 27.8 Å². The smallest absolute Gasteiger partial charge is 0.269 e. The van der Waals surface area contributed by atoms with Crippen molar-refractivity contribution in [2.24, 2.45) is 0 Å². The van der Waals surface area contributed by atoms with E-state index in [-0.39, 0.29) is 12.3 Å². The average Bonchev–Trinajstić information content (AvgIpc) is 2.58. The molecule has 0 saturated carbocycles. The molecule has 0 aliphatic heterocycles. The van der Waals surface area contributed by atoms with Crippen molar-refractivity contribution >= 4 is 28.9 Å². The number of quaternary nitrogens is 1. The maximum atomic E-state index is 10.7. The fourth-order valence-electron chi connectivity index (χ4n) is 2.30. The van der Waals surface area contributed by atoms with E-state index in [0.717, 1.165) is 5.56 Å². The summed E-state index contributed by atoms with van der Waals surface area (Å²) in [6.07, 6.45) is -0.960. The van der Waals surface area contributed by atoms with Crippen LogP contribution >= 0.6 is 23.2 Å². The normalized spacial score (nSPS) is 13.5. The molecule has 0 bridgehead atoms. The number of aliphatic hydroxyl groups is 2. The van der Waals surface area contributed by atoms with Crippen molar-refractivity contribution in [1.29, 1.82) is 0 Å². The lowest BCUT2D eigenvalue weighted by Gasteiger charge is -2.19. The van der Waals surface area contributed by atoms with Gasteiger partial charge < -0.3 is 15.5 Å². The van der Waals surface area contributed by atoms with Crippen molar-refractivity contribution in [3.63, 3.8) is 0 Å². The van der Waals surface area contributed by atoms with E-state index in [1.807, 2.05) is 6.07 Å². The Morgan fingerprint density at radius 3 is 2.33 bits per heavy atom. The van der Waals surface area contributed by atoms with Gasteiger partial charge in [0.1, 0.15) is 18.7 Å². The molecule has 128 valence electrons. The number of nitro benzene ring substituents is 1. The molecule has 6 nitrogen and oxygen atoms in total. The predicted molar refractivity (Wildman–Crippen MR) is 91.0 cm³/mol. The van der Waals surface area contributed by atoms with Gasteiger partial charge in [-0.3, -0.25) is 10.1 Å². The highest BCUT2D eigenvalue weighted by Crippen LogP contribution is 2.22. The molecule has 2 aromatic rings. The minimum Gasteiger partial charge on any atom is -0.390 e. The van der Waals surface area contributed by atoms with Crippen molar-refractivity contribution < 1.29 is 20.5 Å². The lowest BCUT2D eigenvalue weighted by atomic mass is 10.0. The second-order valence-corrected chi connectivity index (χ2v) is 6.14. The number of nitrogens with zero attached hydrogens (tertiary/aromatic N) is 1. The molecular weight excluding hydrogens is 355 g/mol. The van der Waals surface area contributed by atoms with Gasteiger partial charge in [-0.15, -0.1) is 0 Å². The van der Waals surface area contributed by atoms with E-state index in [2.05, 4.69) is 0 Å². The van der Waals surface area contributed by atoms with Crippen LogP contribution in [0.2, 0.25) is 10.0 Å². The number of nitro groups is 1. The zero-order chi connectivity index (χ0) is 17.7. The molecule has 0 aliphatic carbocycles. The summed E-state index contributed by atoms with van der Waals surface area (Å²) < 4.78 is 0. The Bertz CT molecular complexity index is 710. The van der Waals surface area contributed by atoms with Gasteiger partial charge in [0.15, 0.2) is 0 Å². The number of nitrogens with two attached hydrogens (primary N) is 1. The lowest BCUT2D eigenvalue weighted by molar-refractivity contribution is -0.714. The molecule has 24 heavy (non-hydrogen) atoms. The summed E-state index contributed by atoms with van der Waals surface area (Å²) in [4.78, 5) is 10.2. The predicted octanol–water partition coefficient (Wildman–Crippen LogP) is 2.06. The summed E-state index contributed by atoms with van der Waals surface area (Å²) in [5, 5.41) is 33.3. The molecule has 2 aromatic carbocycles. The Hall–Kier alpha value is -1.70. The summed E-state index contributed by atoms with van der Waals surface area (Å²) >= 11 is 11.8. The molecule has 0 amide bonds. The summed E-state index contributed by atoms with van der Waals surface area (Å²) in [5.41, 5.74) is 1.36. The van der Waals surface area contributed by atoms with Gasteiger partial charge in [-0.1, -0.05) is 29.3 Å². The second-order valence-electron chi connectivity index (χ2n) is 5.33. The van der Waals surface area contributed by atoms with Gasteiger partial charge in [0.25, 0.3) is 5.69 Å². The van der Waals surface area contributed by atoms with E-state index in [4.69, 9.17) is 23.2 Å². The molecule has 0 spiro atoms. The second kappa shape index (κ2) is 8.41. The largest absolute Gasteiger partial charge is 0.390 e. The minimum absolute atomic E-state index is 0.0497. The van der Waals surface area contributed by atoms with Crippen molar-refractivity contribution in [2.75, 3.05) is 6.61 Å². The highest BCUT2D eigenvalue weighted by Gasteiger charge is 2.24. The van der Waals surface area contributed by atoms with Gasteiger partial charge in [0.05, 0.1) is 21.6 Å². The highest BCUT2D eigenvalue weighted by atomic mass is 35.5. The zero-order valence-corrected chi connectivity index (χ0v) is 14.1. The number of non-ortho nitro benzene ring substituents is 1. The Kier molecular flexibility index (Phi) is 6.53. The van der Waals surface area contributed by atoms with E-state index < -0.39 is 17.1 Å². The molecule has 2 rings (SSSR count). The molecule has 0 unspecified atom stereocenters. The number of aliphatic hydroxyl groups excluding tert-OH is 2. The number of hydrogen-bond acceptors (Lipinski definition) is 4. The first-order valence-corrected chi connectivity index (χ1v) is 7.98. The van der Waals surface area contributed by atoms with E-state index in [0.29, 0.717) is 22.2 Å². The summed E-state index contributed by atoms with van der Waals surface area (Å²) in [6, 6.07) is 10.3. The molecule has 0 heterocycles. The molecule has 0 aliphatic rings. The van der Waals surface area contributed by atoms with Crippen molar-refractivity contribution in [2.45, 2.75) is 18.7 Å². The Morgan fingerprint density at radius 1 is 1.12 bits per heavy atom. The maximum absolute atomic E-state index is 10.7. The number of halogens is 2. The van der Waals surface area contributed by atoms with E-state index in [1.54, 1.807) is 17.4 Å². The Balaban J connectivity index is 2.03. The van der Waals surface area contributed by atoms with Crippen LogP contribution in [0.15, 0.2) is 42.5 Å². The molecule has 0 radical (unpaired) electrons. The van der Waals surface area contributed by atoms with Crippen LogP contribution in [0.3, 0.4) is 0 Å². The molecule has 8 heteroatoms. The topological polar surface area (TPSA) is 100 Å². The first-order valence-electron chi connectivity index (χ1n) is 7.23. The first kappa shape index (κ1) is 18.6. The summed E-state index contributed by atoms with van der Waals surface area (Å²) in [7, 11) is 0. The van der Waals surface area contributed by atoms with Crippen LogP contribution in [0.4, 0.5) is 5.69 Å². The van der Waals surface area contributed by atoms with E-state index in [1.165, 1.54) is 24.3 Å². The number of benzene rings is 2. The van der Waals surface area contributed by atoms with Gasteiger partial charge in [-0.25, -0.2) is 0 Å². The van der Waals surface area contributed by atoms with Crippen molar-refractivity contribution in [3.8, 4) is 0 Å². The van der Waals surface area contributed by atoms with Gasteiger partial charge >= 0.3 is 0 Å². The molecule has 4 N–H and O–H groups in total. The highest BCUT2D eigenvalue weighted by molar-refractivity contribution is 6.42. The fourth-order valence-corrected chi connectivity index (χ4v) is 2.62. The number of rotatable bonds is 7. The fraction of sp³-hybridized carbons (Fsp3) is 0.250. The summed E-state index contributed by atoms with van der Waals surface area (Å²) in [6.45, 7) is 0.242. The van der Waals surface area contributed by atoms with E-state index in [9.17, 15) is 20.3 Å². The van der Waals surface area contributed by atoms with Gasteiger partial charge in [-0.2, -0.15) is 0 Å². The van der Waals surface area contributed by atoms with Crippen LogP contribution in [0.1, 0.15) is 17.2 Å². The average molecular weight is 372 g/mol. The molecule has 0 fully saturated rings. The van der Waals surface area contributed by atoms with Crippen LogP contribution < -0.4 is 5.32 Å². The van der Waals surface area contributed by atoms with Crippen molar-refractivity contribution in [1.82, 2.24) is 0 Å². The number of hydrogen-bond donors (Lipinski definition) is 3. The maximum Gasteiger partial charge on any atom is 0.269 e. The van der Waals surface area contributed by atoms with Gasteiger partial charge in [0.2, 0.25) is 0 Å². The quantitative estimate of drug-likeness (QED) is 0.512. The third-order valence-electron chi connectivity index (χ3n) is 3.70. The Morgan fingerprint density at radius 2 is 1.79 bits per heavy atom. The monoisotopic (exact) mass is 371 g/mol. The summed E-state index contributed by atoms with van der Waals surface area (Å²) in [5.74, 6) is 0. The van der Waals surface area contributed by atoms with Crippen LogP contribution in [0, 0.1) is 10.1 Å². The Labute approximate surface area is 148 Å². The zero-order valence-electron chi connectivity index (χ0n) is 12.6. The van der Waals surface area contributed by atoms with Crippen LogP contribution in [0.25, 0.3) is 0 Å². The molecule has 0 aromatic heterocycles. The third kappa shape index (κ3) is 4.66. The third-order valence-corrected chi connectivity index (χ3v) is 4.44. The van der Waals surface area contributed by atoms with Gasteiger partial charge in [0, 0.05) is 17.7 Å². The van der Waals surface area contributed by atoms with Crippen LogP contribution in [0.5, 0.6) is 0 Å². The van der Waals surface area contributed by atoms with Crippen LogP contribution in [-0.2, 0) is 6.54 Å². The minimum atomic E-state index is -0.960. The SMILES string of the molecule is O=[N+]([O-])c1ccc([C@@H](O)[C@@H](CO)[NH2+]Cc2ccc(Cl)c(Cl)c2)cc1. The van der Waals surface area contributed by atoms with Gasteiger partial charge in [-0.05, 0) is 29.8 Å². The molecule has 0 saturated heterocycles. The van der Waals surface area contributed by atoms with Crippen molar-refractivity contribution in [3.05, 3.63) is 73.8 Å². The first-order chi connectivity index (χ1) is 11.4. The van der Waals surface area contributed by atoms with E-state index >= 15 is 0 Å². The lowest BCUT2D eigenvalue weighted by Crippen LogP contribution is -2.90. The standard InChI is InChI=1S/C16H16Cl2N2O4/c17-13-6-1-10(7-14(13)18)8-19-15(9-21)16(22)11-2-4-12(5-3-11)20(23)24/h1-7,15-16,19,21-22H,8-9H2/p+1/t15-,16-/m1/s1. The molecular formula is C16H17Cl2N2O4+. The molecule has 2 atom stereocenters.